The molecule has 1 rings (SSSR count). The second-order valence-corrected chi connectivity index (χ2v) is 5.09. The first kappa shape index (κ1) is 15.5. The molecule has 2 nitrogen and oxygen atoms in total. The summed E-state index contributed by atoms with van der Waals surface area (Å²) in [4.78, 5) is 0. The zero-order chi connectivity index (χ0) is 13.1. The first-order valence-corrected chi connectivity index (χ1v) is 7.55. The van der Waals surface area contributed by atoms with Gasteiger partial charge >= 0.3 is 0 Å². The Kier molecular flexibility index (Phi) is 8.98. The molecule has 0 radical (unpaired) electrons. The largest absolute Gasteiger partial charge is 0.353 e. The normalized spacial score (nSPS) is 21.1. The minimum atomic E-state index is 0.0457. The maximum atomic E-state index is 5.87. The van der Waals surface area contributed by atoms with E-state index >= 15 is 0 Å². The van der Waals surface area contributed by atoms with Gasteiger partial charge in [0.2, 0.25) is 0 Å². The van der Waals surface area contributed by atoms with E-state index in [4.69, 9.17) is 9.47 Å². The summed E-state index contributed by atoms with van der Waals surface area (Å²) in [6.07, 6.45) is 10.6. The zero-order valence-corrected chi connectivity index (χ0v) is 12.0. The lowest BCUT2D eigenvalue weighted by Crippen LogP contribution is -2.26. The Morgan fingerprint density at radius 3 is 2.67 bits per heavy atom. The van der Waals surface area contributed by atoms with Crippen LogP contribution in [-0.2, 0) is 9.47 Å². The summed E-state index contributed by atoms with van der Waals surface area (Å²) in [5.41, 5.74) is 0. The summed E-state index contributed by atoms with van der Waals surface area (Å²) in [6.45, 7) is 5.21. The molecule has 0 aromatic heterocycles. The Bertz CT molecular complexity index is 246. The predicted molar refractivity (Wildman–Crippen MR) is 75.3 cm³/mol. The summed E-state index contributed by atoms with van der Waals surface area (Å²) in [7, 11) is 0. The first-order valence-electron chi connectivity index (χ1n) is 7.55. The molecule has 1 aliphatic heterocycles. The highest BCUT2D eigenvalue weighted by atomic mass is 16.7. The number of unbranched alkanes of at least 4 members (excludes halogenated alkanes) is 3. The molecule has 1 aliphatic rings. The monoisotopic (exact) mass is 252 g/mol. The van der Waals surface area contributed by atoms with Crippen LogP contribution < -0.4 is 0 Å². The molecule has 104 valence electrons. The van der Waals surface area contributed by atoms with Crippen LogP contribution in [0.2, 0.25) is 0 Å². The van der Waals surface area contributed by atoms with E-state index in [0.29, 0.717) is 6.10 Å². The molecular weight excluding hydrogens is 224 g/mol. The minimum Gasteiger partial charge on any atom is -0.353 e. The van der Waals surface area contributed by atoms with Gasteiger partial charge in [0.15, 0.2) is 6.29 Å². The van der Waals surface area contributed by atoms with Crippen LogP contribution in [0.1, 0.15) is 71.6 Å². The van der Waals surface area contributed by atoms with Gasteiger partial charge < -0.3 is 9.47 Å². The molecule has 0 amide bonds. The van der Waals surface area contributed by atoms with Crippen LogP contribution in [0.3, 0.4) is 0 Å². The smallest absolute Gasteiger partial charge is 0.157 e. The third-order valence-electron chi connectivity index (χ3n) is 3.21. The lowest BCUT2D eigenvalue weighted by molar-refractivity contribution is -0.185. The third kappa shape index (κ3) is 7.74. The van der Waals surface area contributed by atoms with Crippen LogP contribution in [0.25, 0.3) is 0 Å². The molecule has 2 heteroatoms. The predicted octanol–water partition coefficient (Wildman–Crippen LogP) is 4.28. The van der Waals surface area contributed by atoms with Gasteiger partial charge in [0.25, 0.3) is 0 Å². The lowest BCUT2D eigenvalue weighted by Gasteiger charge is -2.25. The van der Waals surface area contributed by atoms with Crippen molar-refractivity contribution in [2.75, 3.05) is 6.61 Å². The maximum absolute atomic E-state index is 5.87. The van der Waals surface area contributed by atoms with Crippen molar-refractivity contribution in [2.45, 2.75) is 84.0 Å². The molecule has 1 heterocycles. The summed E-state index contributed by atoms with van der Waals surface area (Å²) in [5.74, 6) is 6.47. The summed E-state index contributed by atoms with van der Waals surface area (Å²) < 4.78 is 11.4. The van der Waals surface area contributed by atoms with E-state index < -0.39 is 0 Å². The van der Waals surface area contributed by atoms with E-state index in [1.807, 2.05) is 0 Å². The Labute approximate surface area is 112 Å². The first-order chi connectivity index (χ1) is 8.83. The van der Waals surface area contributed by atoms with Crippen LogP contribution in [0.5, 0.6) is 0 Å². The molecule has 18 heavy (non-hydrogen) atoms. The van der Waals surface area contributed by atoms with Gasteiger partial charge in [-0.15, -0.1) is 11.8 Å². The topological polar surface area (TPSA) is 18.5 Å². The van der Waals surface area contributed by atoms with E-state index in [-0.39, 0.29) is 6.29 Å². The van der Waals surface area contributed by atoms with E-state index in [0.717, 1.165) is 38.7 Å². The highest BCUT2D eigenvalue weighted by Gasteiger charge is 2.16. The number of hydrogen-bond donors (Lipinski definition) is 0. The standard InChI is InChI=1S/C16H28O2/c1-3-4-5-6-7-8-9-12-15(2)18-16-13-10-11-14-17-16/h15-16H,3-5,8-14H2,1-2H3/t15-,16?/m1/s1. The molecule has 2 atom stereocenters. The molecule has 0 aliphatic carbocycles. The maximum Gasteiger partial charge on any atom is 0.157 e. The summed E-state index contributed by atoms with van der Waals surface area (Å²) in [5, 5.41) is 0. The Morgan fingerprint density at radius 2 is 2.00 bits per heavy atom. The van der Waals surface area contributed by atoms with Crippen molar-refractivity contribution >= 4 is 0 Å². The van der Waals surface area contributed by atoms with Crippen molar-refractivity contribution in [1.82, 2.24) is 0 Å². The Hall–Kier alpha value is -0.520. The van der Waals surface area contributed by atoms with E-state index in [1.54, 1.807) is 0 Å². The average molecular weight is 252 g/mol. The number of rotatable bonds is 7. The zero-order valence-electron chi connectivity index (χ0n) is 12.0. The van der Waals surface area contributed by atoms with Gasteiger partial charge in [0.1, 0.15) is 0 Å². The van der Waals surface area contributed by atoms with Crippen LogP contribution in [0.15, 0.2) is 0 Å². The molecule has 1 fully saturated rings. The minimum absolute atomic E-state index is 0.0457. The number of ether oxygens (including phenoxy) is 2. The van der Waals surface area contributed by atoms with Gasteiger partial charge in [-0.1, -0.05) is 13.3 Å². The molecule has 0 aromatic carbocycles. The van der Waals surface area contributed by atoms with E-state index in [9.17, 15) is 0 Å². The van der Waals surface area contributed by atoms with Crippen LogP contribution >= 0.6 is 0 Å². The Morgan fingerprint density at radius 1 is 1.22 bits per heavy atom. The third-order valence-corrected chi connectivity index (χ3v) is 3.21. The molecule has 0 saturated carbocycles. The van der Waals surface area contributed by atoms with Crippen molar-refractivity contribution in [3.05, 3.63) is 0 Å². The lowest BCUT2D eigenvalue weighted by atomic mass is 10.1. The summed E-state index contributed by atoms with van der Waals surface area (Å²) >= 11 is 0. The number of hydrogen-bond acceptors (Lipinski definition) is 2. The molecule has 0 aromatic rings. The second kappa shape index (κ2) is 10.4. The summed E-state index contributed by atoms with van der Waals surface area (Å²) in [6, 6.07) is 0. The van der Waals surface area contributed by atoms with Crippen molar-refractivity contribution in [3.63, 3.8) is 0 Å². The molecule has 0 bridgehead atoms. The fraction of sp³-hybridized carbons (Fsp3) is 0.875. The molecule has 1 unspecified atom stereocenters. The van der Waals surface area contributed by atoms with Crippen LogP contribution in [0.4, 0.5) is 0 Å². The second-order valence-electron chi connectivity index (χ2n) is 5.09. The van der Waals surface area contributed by atoms with Gasteiger partial charge in [-0.25, -0.2) is 0 Å². The van der Waals surface area contributed by atoms with Crippen molar-refractivity contribution in [2.24, 2.45) is 0 Å². The molecule has 0 N–H and O–H groups in total. The van der Waals surface area contributed by atoms with Crippen LogP contribution in [0, 0.1) is 11.8 Å². The van der Waals surface area contributed by atoms with E-state index in [1.165, 1.54) is 25.7 Å². The van der Waals surface area contributed by atoms with Gasteiger partial charge in [0, 0.05) is 19.4 Å². The van der Waals surface area contributed by atoms with Gasteiger partial charge in [-0.3, -0.25) is 0 Å². The Balaban J connectivity index is 1.98. The average Bonchev–Trinajstić information content (AvgIpc) is 2.39. The molecule has 1 saturated heterocycles. The van der Waals surface area contributed by atoms with Gasteiger partial charge in [0.05, 0.1) is 6.10 Å². The quantitative estimate of drug-likeness (QED) is 0.497. The van der Waals surface area contributed by atoms with Gasteiger partial charge in [-0.05, 0) is 45.4 Å². The fourth-order valence-corrected chi connectivity index (χ4v) is 2.07. The van der Waals surface area contributed by atoms with Crippen LogP contribution in [-0.4, -0.2) is 19.0 Å². The highest BCUT2D eigenvalue weighted by Crippen LogP contribution is 2.17. The molecule has 0 spiro atoms. The van der Waals surface area contributed by atoms with Crippen molar-refractivity contribution < 1.29 is 9.47 Å². The van der Waals surface area contributed by atoms with E-state index in [2.05, 4.69) is 25.7 Å². The fourth-order valence-electron chi connectivity index (χ4n) is 2.07. The van der Waals surface area contributed by atoms with Crippen molar-refractivity contribution in [3.8, 4) is 11.8 Å². The highest BCUT2D eigenvalue weighted by molar-refractivity contribution is 4.98. The van der Waals surface area contributed by atoms with Gasteiger partial charge in [-0.2, -0.15) is 0 Å². The SMILES string of the molecule is CCCCC#CCCC[C@@H](C)OC1CCCCO1. The molecular formula is C16H28O2. The van der Waals surface area contributed by atoms with Crippen molar-refractivity contribution in [1.29, 1.82) is 0 Å².